The zero-order valence-corrected chi connectivity index (χ0v) is 23.1. The Balaban J connectivity index is 1.78. The fourth-order valence-corrected chi connectivity index (χ4v) is 6.39. The number of nitrogens with one attached hydrogen (secondary N) is 4. The molecule has 4 atom stereocenters. The van der Waals surface area contributed by atoms with Crippen molar-refractivity contribution in [3.63, 3.8) is 0 Å². The second kappa shape index (κ2) is 7.98. The van der Waals surface area contributed by atoms with E-state index in [0.29, 0.717) is 11.3 Å². The topological polar surface area (TPSA) is 82.3 Å². The van der Waals surface area contributed by atoms with Gasteiger partial charge in [-0.2, -0.15) is 0 Å². The van der Waals surface area contributed by atoms with Crippen LogP contribution in [0.4, 0.5) is 0 Å². The van der Waals surface area contributed by atoms with E-state index in [9.17, 15) is 9.59 Å². The number of carbonyl (C=O) groups excluding carboxylic acids is 2. The van der Waals surface area contributed by atoms with Crippen LogP contribution in [-0.2, 0) is 9.59 Å². The molecule has 0 fully saturated rings. The Labute approximate surface area is 220 Å². The Morgan fingerprint density at radius 3 is 1.84 bits per heavy atom. The Hall–Kier alpha value is -3.54. The van der Waals surface area contributed by atoms with Gasteiger partial charge < -0.3 is 21.3 Å². The number of Topliss-reactive ketones (excluding diaryl/α,β-unsaturated/α-hetero) is 2. The molecule has 0 aromatic rings. The molecule has 0 aromatic heterocycles. The molecular formula is C31H38N4O2. The second-order valence-corrected chi connectivity index (χ2v) is 11.4. The summed E-state index contributed by atoms with van der Waals surface area (Å²) >= 11 is 0. The van der Waals surface area contributed by atoms with E-state index in [-0.39, 0.29) is 22.6 Å². The maximum atomic E-state index is 13.2. The van der Waals surface area contributed by atoms with Crippen LogP contribution in [0.15, 0.2) is 93.7 Å². The van der Waals surface area contributed by atoms with Gasteiger partial charge in [-0.1, -0.05) is 25.2 Å². The minimum atomic E-state index is -1.04. The van der Waals surface area contributed by atoms with Crippen molar-refractivity contribution in [3.8, 4) is 0 Å². The van der Waals surface area contributed by atoms with E-state index in [0.717, 1.165) is 34.7 Å². The number of rotatable bonds is 3. The minimum Gasteiger partial charge on any atom is -0.373 e. The summed E-state index contributed by atoms with van der Waals surface area (Å²) in [4.78, 5) is 26.4. The fraction of sp³-hybridized carbons (Fsp3) is 0.419. The van der Waals surface area contributed by atoms with Crippen molar-refractivity contribution in [1.82, 2.24) is 21.3 Å². The lowest BCUT2D eigenvalue weighted by molar-refractivity contribution is -0.120. The first-order valence-electron chi connectivity index (χ1n) is 13.1. The molecule has 6 heteroatoms. The van der Waals surface area contributed by atoms with Gasteiger partial charge in [0, 0.05) is 28.4 Å². The van der Waals surface area contributed by atoms with E-state index < -0.39 is 11.1 Å². The molecule has 8 bridgehead atoms. The minimum absolute atomic E-state index is 0.0280. The van der Waals surface area contributed by atoms with Crippen LogP contribution in [0.2, 0.25) is 0 Å². The molecule has 5 aliphatic rings. The third-order valence-electron chi connectivity index (χ3n) is 9.18. The summed E-state index contributed by atoms with van der Waals surface area (Å²) in [5.74, 6) is -0.0778. The molecule has 0 aliphatic carbocycles. The number of fused-ring (bicyclic) bond motifs is 8. The molecule has 194 valence electrons. The fourth-order valence-electron chi connectivity index (χ4n) is 6.39. The maximum absolute atomic E-state index is 13.2. The zero-order chi connectivity index (χ0) is 27.0. The number of ketones is 2. The lowest BCUT2D eigenvalue weighted by atomic mass is 9.85. The molecule has 5 rings (SSSR count). The van der Waals surface area contributed by atoms with Gasteiger partial charge in [0.15, 0.2) is 11.6 Å². The molecule has 37 heavy (non-hydrogen) atoms. The molecule has 5 heterocycles. The first-order valence-corrected chi connectivity index (χ1v) is 13.1. The molecule has 0 saturated heterocycles. The highest BCUT2D eigenvalue weighted by molar-refractivity contribution is 6.00. The van der Waals surface area contributed by atoms with Crippen LogP contribution in [0.25, 0.3) is 0 Å². The number of hydrogen-bond donors (Lipinski definition) is 4. The van der Waals surface area contributed by atoms with Gasteiger partial charge in [-0.15, -0.1) is 0 Å². The van der Waals surface area contributed by atoms with E-state index in [1.165, 1.54) is 5.57 Å². The van der Waals surface area contributed by atoms with Crippen molar-refractivity contribution >= 4 is 11.6 Å². The van der Waals surface area contributed by atoms with Crippen LogP contribution in [0, 0.1) is 0 Å². The molecule has 0 aromatic carbocycles. The van der Waals surface area contributed by atoms with Crippen LogP contribution in [-0.4, -0.2) is 33.7 Å². The number of carbonyl (C=O) groups is 2. The van der Waals surface area contributed by atoms with Gasteiger partial charge in [-0.25, -0.2) is 0 Å². The SMILES string of the molecule is CCC12C=C/C(=C(\C)C3(C(C)=O)C=C/C(=C(\C(C)=O)C4(C)C=C/C(=C(\C)C5(C)C=CC(=C1C)N5)N4)N3)N2. The Kier molecular flexibility index (Phi) is 5.42. The highest BCUT2D eigenvalue weighted by atomic mass is 16.1. The Bertz CT molecular complexity index is 1380. The average molecular weight is 499 g/mol. The molecule has 0 amide bonds. The van der Waals surface area contributed by atoms with Crippen LogP contribution in [0.3, 0.4) is 0 Å². The van der Waals surface area contributed by atoms with Gasteiger partial charge in [0.1, 0.15) is 5.54 Å². The van der Waals surface area contributed by atoms with Crippen molar-refractivity contribution in [1.29, 1.82) is 0 Å². The first-order chi connectivity index (χ1) is 17.3. The number of hydrogen-bond acceptors (Lipinski definition) is 6. The lowest BCUT2D eigenvalue weighted by Gasteiger charge is -2.36. The molecule has 0 spiro atoms. The smallest absolute Gasteiger partial charge is 0.163 e. The van der Waals surface area contributed by atoms with E-state index in [1.807, 2.05) is 32.1 Å². The Morgan fingerprint density at radius 1 is 0.676 bits per heavy atom. The van der Waals surface area contributed by atoms with E-state index in [4.69, 9.17) is 0 Å². The summed E-state index contributed by atoms with van der Waals surface area (Å²) in [5.41, 5.74) is 4.95. The van der Waals surface area contributed by atoms with Gasteiger partial charge in [-0.3, -0.25) is 9.59 Å². The highest BCUT2D eigenvalue weighted by Gasteiger charge is 2.46. The summed E-state index contributed by atoms with van der Waals surface area (Å²) in [7, 11) is 0. The van der Waals surface area contributed by atoms with E-state index in [1.54, 1.807) is 13.8 Å². The van der Waals surface area contributed by atoms with Crippen molar-refractivity contribution < 1.29 is 9.59 Å². The van der Waals surface area contributed by atoms with Gasteiger partial charge in [-0.05, 0) is 102 Å². The van der Waals surface area contributed by atoms with Crippen molar-refractivity contribution in [2.24, 2.45) is 0 Å². The van der Waals surface area contributed by atoms with Crippen LogP contribution >= 0.6 is 0 Å². The van der Waals surface area contributed by atoms with Gasteiger partial charge in [0.2, 0.25) is 0 Å². The standard InChI is InChI=1S/C31H38N4O2/c1-9-30-16-12-25(34-30)20(4)31(22(6)37)17-13-26(35-31)27(21(5)36)29(8)15-11-23(33-29)18(2)28(7)14-10-24(32-28)19(30)3/h10-17,32-35H,9H2,1-8H3/b23-18-,24-19?,25-20-,27-26-. The third kappa shape index (κ3) is 3.45. The van der Waals surface area contributed by atoms with Crippen LogP contribution in [0.5, 0.6) is 0 Å². The Morgan fingerprint density at radius 2 is 1.22 bits per heavy atom. The molecule has 4 unspecified atom stereocenters. The lowest BCUT2D eigenvalue weighted by Crippen LogP contribution is -2.51. The normalized spacial score (nSPS) is 41.6. The van der Waals surface area contributed by atoms with Crippen LogP contribution < -0.4 is 21.3 Å². The summed E-state index contributed by atoms with van der Waals surface area (Å²) in [6.07, 6.45) is 17.4. The predicted octanol–water partition coefficient (Wildman–Crippen LogP) is 4.30. The number of allylic oxidation sites excluding steroid dienone is 4. The van der Waals surface area contributed by atoms with Gasteiger partial charge >= 0.3 is 0 Å². The molecule has 5 aliphatic heterocycles. The molecule has 0 saturated carbocycles. The van der Waals surface area contributed by atoms with Crippen molar-refractivity contribution in [2.45, 2.75) is 84.0 Å². The molecule has 6 nitrogen and oxygen atoms in total. The first kappa shape index (κ1) is 25.1. The molecule has 4 N–H and O–H groups in total. The molecule has 0 radical (unpaired) electrons. The summed E-state index contributed by atoms with van der Waals surface area (Å²) < 4.78 is 0. The predicted molar refractivity (Wildman–Crippen MR) is 148 cm³/mol. The van der Waals surface area contributed by atoms with Gasteiger partial charge in [0.05, 0.1) is 16.6 Å². The third-order valence-corrected chi connectivity index (χ3v) is 9.18. The van der Waals surface area contributed by atoms with Crippen molar-refractivity contribution in [3.05, 3.63) is 93.7 Å². The summed E-state index contributed by atoms with van der Waals surface area (Å²) in [5, 5.41) is 14.7. The van der Waals surface area contributed by atoms with Gasteiger partial charge in [0.25, 0.3) is 0 Å². The maximum Gasteiger partial charge on any atom is 0.163 e. The zero-order valence-electron chi connectivity index (χ0n) is 23.1. The monoisotopic (exact) mass is 498 g/mol. The van der Waals surface area contributed by atoms with E-state index in [2.05, 4.69) is 79.3 Å². The summed E-state index contributed by atoms with van der Waals surface area (Å²) in [6, 6.07) is 0. The summed E-state index contributed by atoms with van der Waals surface area (Å²) in [6.45, 7) is 15.8. The quantitative estimate of drug-likeness (QED) is 0.465. The van der Waals surface area contributed by atoms with E-state index >= 15 is 0 Å². The van der Waals surface area contributed by atoms with Crippen molar-refractivity contribution in [2.75, 3.05) is 0 Å². The van der Waals surface area contributed by atoms with Crippen LogP contribution in [0.1, 0.15) is 61.8 Å². The molecular weight excluding hydrogens is 460 g/mol. The largest absolute Gasteiger partial charge is 0.373 e. The second-order valence-electron chi connectivity index (χ2n) is 11.4. The average Bonchev–Trinajstić information content (AvgIpc) is 3.63. The highest BCUT2D eigenvalue weighted by Crippen LogP contribution is 2.41.